The molecular formula is C18H31BrO2Si. The molecule has 0 radical (unpaired) electrons. The second-order valence-electron chi connectivity index (χ2n) is 6.92. The van der Waals surface area contributed by atoms with Crippen molar-refractivity contribution in [3.63, 3.8) is 0 Å². The molecule has 0 bridgehead atoms. The van der Waals surface area contributed by atoms with Crippen LogP contribution in [-0.4, -0.2) is 21.5 Å². The molecule has 0 saturated carbocycles. The first kappa shape index (κ1) is 19.7. The van der Waals surface area contributed by atoms with E-state index in [1.807, 2.05) is 12.1 Å². The van der Waals surface area contributed by atoms with E-state index in [1.165, 1.54) is 0 Å². The first-order valence-corrected chi connectivity index (χ1v) is 11.2. The summed E-state index contributed by atoms with van der Waals surface area (Å²) in [4.78, 5) is 0. The van der Waals surface area contributed by atoms with E-state index in [1.54, 1.807) is 0 Å². The van der Waals surface area contributed by atoms with Crippen molar-refractivity contribution >= 4 is 24.2 Å². The van der Waals surface area contributed by atoms with Gasteiger partial charge in [0.2, 0.25) is 0 Å². The fraction of sp³-hybridized carbons (Fsp3) is 0.667. The third-order valence-corrected chi connectivity index (χ3v) is 11.1. The number of aryl methyl sites for hydroxylation is 1. The van der Waals surface area contributed by atoms with Gasteiger partial charge in [0.15, 0.2) is 8.32 Å². The maximum atomic E-state index is 6.50. The number of benzene rings is 1. The average Bonchev–Trinajstić information content (AvgIpc) is 2.39. The van der Waals surface area contributed by atoms with Gasteiger partial charge in [0.25, 0.3) is 0 Å². The second kappa shape index (κ2) is 8.51. The SMILES string of the molecule is Cc1cc(Br)ccc1OCCO[Si](C(C)C)(C(C)C)C(C)C. The van der Waals surface area contributed by atoms with Crippen molar-refractivity contribution in [1.82, 2.24) is 0 Å². The van der Waals surface area contributed by atoms with Crippen molar-refractivity contribution in [3.05, 3.63) is 28.2 Å². The molecule has 0 spiro atoms. The Bertz CT molecular complexity index is 450. The van der Waals surface area contributed by atoms with Crippen LogP contribution in [0.3, 0.4) is 0 Å². The van der Waals surface area contributed by atoms with Crippen LogP contribution in [0, 0.1) is 6.92 Å². The lowest BCUT2D eigenvalue weighted by atomic mass is 10.2. The van der Waals surface area contributed by atoms with Crippen molar-refractivity contribution in [2.75, 3.05) is 13.2 Å². The lowest BCUT2D eigenvalue weighted by Gasteiger charge is -2.42. The number of rotatable bonds is 8. The maximum Gasteiger partial charge on any atom is 0.200 e. The van der Waals surface area contributed by atoms with Gasteiger partial charge in [-0.2, -0.15) is 0 Å². The molecule has 0 N–H and O–H groups in total. The van der Waals surface area contributed by atoms with Crippen LogP contribution in [0.5, 0.6) is 5.75 Å². The second-order valence-corrected chi connectivity index (χ2v) is 13.3. The van der Waals surface area contributed by atoms with Gasteiger partial charge in [-0.25, -0.2) is 0 Å². The maximum absolute atomic E-state index is 6.50. The van der Waals surface area contributed by atoms with Crippen LogP contribution in [0.4, 0.5) is 0 Å². The molecule has 0 fully saturated rings. The molecule has 1 rings (SSSR count). The number of hydrogen-bond acceptors (Lipinski definition) is 2. The number of hydrogen-bond donors (Lipinski definition) is 0. The zero-order valence-electron chi connectivity index (χ0n) is 15.1. The Hall–Kier alpha value is -0.323. The van der Waals surface area contributed by atoms with Gasteiger partial charge in [0.1, 0.15) is 12.4 Å². The summed E-state index contributed by atoms with van der Waals surface area (Å²) in [5.41, 5.74) is 2.99. The fourth-order valence-electron chi connectivity index (χ4n) is 3.64. The van der Waals surface area contributed by atoms with Crippen LogP contribution in [0.15, 0.2) is 22.7 Å². The van der Waals surface area contributed by atoms with Crippen LogP contribution in [0.25, 0.3) is 0 Å². The predicted octanol–water partition coefficient (Wildman–Crippen LogP) is 6.33. The Balaban J connectivity index is 2.64. The Labute approximate surface area is 145 Å². The molecule has 126 valence electrons. The summed E-state index contributed by atoms with van der Waals surface area (Å²) in [5, 5.41) is 0. The Morgan fingerprint density at radius 3 is 1.95 bits per heavy atom. The van der Waals surface area contributed by atoms with Gasteiger partial charge >= 0.3 is 0 Å². The van der Waals surface area contributed by atoms with E-state index in [0.717, 1.165) is 15.8 Å². The Kier molecular flexibility index (Phi) is 7.63. The largest absolute Gasteiger partial charge is 0.491 e. The summed E-state index contributed by atoms with van der Waals surface area (Å²) in [6.45, 7) is 17.2. The molecule has 0 unspecified atom stereocenters. The highest BCUT2D eigenvalue weighted by atomic mass is 79.9. The van der Waals surface area contributed by atoms with Crippen molar-refractivity contribution in [2.45, 2.75) is 65.1 Å². The highest BCUT2D eigenvalue weighted by molar-refractivity contribution is 9.10. The smallest absolute Gasteiger partial charge is 0.200 e. The van der Waals surface area contributed by atoms with Gasteiger partial charge in [0.05, 0.1) is 6.61 Å². The first-order chi connectivity index (χ1) is 10.2. The fourth-order valence-corrected chi connectivity index (χ4v) is 9.56. The van der Waals surface area contributed by atoms with Crippen LogP contribution < -0.4 is 4.74 Å². The molecule has 2 nitrogen and oxygen atoms in total. The van der Waals surface area contributed by atoms with Gasteiger partial charge in [0, 0.05) is 4.47 Å². The highest BCUT2D eigenvalue weighted by Gasteiger charge is 2.44. The van der Waals surface area contributed by atoms with Crippen molar-refractivity contribution in [2.24, 2.45) is 0 Å². The minimum Gasteiger partial charge on any atom is -0.491 e. The summed E-state index contributed by atoms with van der Waals surface area (Å²) in [6.07, 6.45) is 0. The van der Waals surface area contributed by atoms with E-state index in [4.69, 9.17) is 9.16 Å². The molecule has 0 amide bonds. The molecule has 1 aromatic carbocycles. The summed E-state index contributed by atoms with van der Waals surface area (Å²) in [7, 11) is -1.78. The summed E-state index contributed by atoms with van der Waals surface area (Å²) in [6, 6.07) is 6.10. The number of ether oxygens (including phenoxy) is 1. The molecule has 22 heavy (non-hydrogen) atoms. The van der Waals surface area contributed by atoms with Crippen LogP contribution in [0.2, 0.25) is 16.6 Å². The van der Waals surface area contributed by atoms with E-state index >= 15 is 0 Å². The molecule has 0 atom stereocenters. The van der Waals surface area contributed by atoms with Gasteiger partial charge in [-0.15, -0.1) is 0 Å². The minimum absolute atomic E-state index is 0.613. The third kappa shape index (κ3) is 4.59. The topological polar surface area (TPSA) is 18.5 Å². The molecular weight excluding hydrogens is 356 g/mol. The predicted molar refractivity (Wildman–Crippen MR) is 101 cm³/mol. The van der Waals surface area contributed by atoms with E-state index in [2.05, 4.69) is 70.5 Å². The van der Waals surface area contributed by atoms with Crippen molar-refractivity contribution < 1.29 is 9.16 Å². The zero-order chi connectivity index (χ0) is 16.9. The normalized spacial score (nSPS) is 12.5. The molecule has 0 saturated heterocycles. The summed E-state index contributed by atoms with van der Waals surface area (Å²) in [5.74, 6) is 0.942. The van der Waals surface area contributed by atoms with Crippen LogP contribution >= 0.6 is 15.9 Å². The molecule has 4 heteroatoms. The summed E-state index contributed by atoms with van der Waals surface area (Å²) < 4.78 is 13.5. The highest BCUT2D eigenvalue weighted by Crippen LogP contribution is 2.42. The van der Waals surface area contributed by atoms with E-state index in [-0.39, 0.29) is 0 Å². The average molecular weight is 387 g/mol. The Morgan fingerprint density at radius 2 is 1.50 bits per heavy atom. The molecule has 0 aliphatic rings. The minimum atomic E-state index is -1.78. The number of halogens is 1. The van der Waals surface area contributed by atoms with E-state index in [9.17, 15) is 0 Å². The standard InChI is InChI=1S/C18H31BrO2Si/c1-13(2)22(14(3)4,15(5)6)21-11-10-20-18-9-8-17(19)12-16(18)7/h8-9,12-15H,10-11H2,1-7H3. The lowest BCUT2D eigenvalue weighted by Crippen LogP contribution is -2.48. The lowest BCUT2D eigenvalue weighted by molar-refractivity contribution is 0.198. The van der Waals surface area contributed by atoms with Gasteiger partial charge in [-0.05, 0) is 47.3 Å². The van der Waals surface area contributed by atoms with Gasteiger partial charge < -0.3 is 9.16 Å². The first-order valence-electron chi connectivity index (χ1n) is 8.24. The zero-order valence-corrected chi connectivity index (χ0v) is 17.7. The van der Waals surface area contributed by atoms with Gasteiger partial charge in [-0.1, -0.05) is 57.5 Å². The Morgan fingerprint density at radius 1 is 0.955 bits per heavy atom. The molecule has 0 aliphatic carbocycles. The quantitative estimate of drug-likeness (QED) is 0.383. The molecule has 1 aromatic rings. The van der Waals surface area contributed by atoms with E-state index in [0.29, 0.717) is 29.8 Å². The van der Waals surface area contributed by atoms with Gasteiger partial charge in [-0.3, -0.25) is 0 Å². The monoisotopic (exact) mass is 386 g/mol. The molecule has 0 aliphatic heterocycles. The third-order valence-electron chi connectivity index (χ3n) is 4.54. The molecule has 0 heterocycles. The summed E-state index contributed by atoms with van der Waals surface area (Å²) >= 11 is 3.48. The van der Waals surface area contributed by atoms with Crippen molar-refractivity contribution in [1.29, 1.82) is 0 Å². The molecule has 0 aromatic heterocycles. The van der Waals surface area contributed by atoms with E-state index < -0.39 is 8.32 Å². The van der Waals surface area contributed by atoms with Crippen molar-refractivity contribution in [3.8, 4) is 5.75 Å². The van der Waals surface area contributed by atoms with Crippen LogP contribution in [0.1, 0.15) is 47.1 Å². The van der Waals surface area contributed by atoms with Crippen LogP contribution in [-0.2, 0) is 4.43 Å².